The van der Waals surface area contributed by atoms with Gasteiger partial charge in [-0.3, -0.25) is 0 Å². The van der Waals surface area contributed by atoms with Gasteiger partial charge >= 0.3 is 0 Å². The van der Waals surface area contributed by atoms with Crippen LogP contribution in [-0.2, 0) is 4.28 Å². The van der Waals surface area contributed by atoms with Crippen molar-refractivity contribution in [1.82, 2.24) is 0 Å². The minimum Gasteiger partial charge on any atom is -0.676 e. The van der Waals surface area contributed by atoms with Gasteiger partial charge in [-0.2, -0.15) is 0 Å². The average Bonchev–Trinajstić information content (AvgIpc) is 1.31. The molecule has 0 aromatic heterocycles. The maximum Gasteiger partial charge on any atom is 0.285 e. The van der Waals surface area contributed by atoms with E-state index >= 15 is 0 Å². The molecular formula is C5H15BO. The van der Waals surface area contributed by atoms with Crippen LogP contribution >= 0.6 is 0 Å². The molecule has 2 heteroatoms. The van der Waals surface area contributed by atoms with Crippen molar-refractivity contribution in [2.75, 3.05) is 14.2 Å². The molecular weight excluding hydrogens is 86.9 g/mol. The van der Waals surface area contributed by atoms with Gasteiger partial charge in [-0.1, -0.05) is 0 Å². The van der Waals surface area contributed by atoms with Gasteiger partial charge in [0.25, 0.3) is 6.35 Å². The van der Waals surface area contributed by atoms with E-state index in [0.717, 1.165) is 0 Å². The van der Waals surface area contributed by atoms with E-state index in [1.807, 2.05) is 14.2 Å². The lowest BCUT2D eigenvalue weighted by molar-refractivity contribution is 0.107. The highest BCUT2D eigenvalue weighted by molar-refractivity contribution is 6.70. The van der Waals surface area contributed by atoms with Gasteiger partial charge in [0.1, 0.15) is 0 Å². The predicted molar refractivity (Wildman–Crippen MR) is 36.3 cm³/mol. The Kier molecular flexibility index (Phi) is 1.87. The molecule has 0 bridgehead atoms. The summed E-state index contributed by atoms with van der Waals surface area (Å²) in [6, 6.07) is 0. The Hall–Kier alpha value is 0.0249. The molecule has 44 valence electrons. The molecule has 0 N–H and O–H groups in total. The Morgan fingerprint density at radius 3 is 1.14 bits per heavy atom. The first-order valence-corrected chi connectivity index (χ1v) is 2.78. The van der Waals surface area contributed by atoms with Crippen LogP contribution in [0.15, 0.2) is 0 Å². The molecule has 0 aliphatic rings. The second kappa shape index (κ2) is 1.87. The van der Waals surface area contributed by atoms with Gasteiger partial charge in [0.2, 0.25) is 0 Å². The normalized spacial score (nSPS) is 12.9. The van der Waals surface area contributed by atoms with Crippen LogP contribution in [0.4, 0.5) is 0 Å². The molecule has 0 amide bonds. The Morgan fingerprint density at radius 1 is 1.00 bits per heavy atom. The van der Waals surface area contributed by atoms with Gasteiger partial charge in [0.15, 0.2) is 0 Å². The molecule has 0 atom stereocenters. The summed E-state index contributed by atoms with van der Waals surface area (Å²) >= 11 is 0. The minimum atomic E-state index is -0.306. The van der Waals surface area contributed by atoms with Crippen molar-refractivity contribution in [1.29, 1.82) is 0 Å². The molecule has 0 saturated carbocycles. The van der Waals surface area contributed by atoms with Crippen LogP contribution in [0.5, 0.6) is 0 Å². The van der Waals surface area contributed by atoms with E-state index in [4.69, 9.17) is 0 Å². The van der Waals surface area contributed by atoms with Crippen LogP contribution in [0.25, 0.3) is 0 Å². The topological polar surface area (TPSA) is 2.70 Å². The summed E-state index contributed by atoms with van der Waals surface area (Å²) < 4.78 is 2.94. The van der Waals surface area contributed by atoms with Crippen molar-refractivity contribution in [3.05, 3.63) is 0 Å². The monoisotopic (exact) mass is 102 g/mol. The molecule has 1 nitrogen and oxygen atoms in total. The van der Waals surface area contributed by atoms with E-state index < -0.39 is 0 Å². The predicted octanol–water partition coefficient (Wildman–Crippen LogP) is 1.63. The lowest BCUT2D eigenvalue weighted by atomic mass is 9.46. The lowest BCUT2D eigenvalue weighted by Crippen LogP contribution is -2.32. The summed E-state index contributed by atoms with van der Waals surface area (Å²) in [4.78, 5) is 0. The number of hydrogen-bond acceptors (Lipinski definition) is 0. The van der Waals surface area contributed by atoms with Gasteiger partial charge in [0, 0.05) is 0 Å². The average molecular weight is 102 g/mol. The first-order valence-electron chi connectivity index (χ1n) is 2.78. The summed E-state index contributed by atoms with van der Waals surface area (Å²) in [5.41, 5.74) is 0. The maximum absolute atomic E-state index is 2.94. The number of hydrogen-bond donors (Lipinski definition) is 0. The first-order chi connectivity index (χ1) is 2.94. The SMILES string of the molecule is C[O+](C)[B-](C)(C)C. The van der Waals surface area contributed by atoms with E-state index in [9.17, 15) is 0 Å². The van der Waals surface area contributed by atoms with Crippen molar-refractivity contribution < 1.29 is 4.28 Å². The van der Waals surface area contributed by atoms with E-state index in [-0.39, 0.29) is 6.35 Å². The molecule has 0 fully saturated rings. The molecule has 7 heavy (non-hydrogen) atoms. The zero-order valence-corrected chi connectivity index (χ0v) is 5.99. The van der Waals surface area contributed by atoms with Gasteiger partial charge in [-0.25, -0.2) is 0 Å². The van der Waals surface area contributed by atoms with Crippen molar-refractivity contribution in [2.45, 2.75) is 20.5 Å². The fourth-order valence-electron chi connectivity index (χ4n) is 0. The molecule has 0 aromatic rings. The molecule has 0 saturated heterocycles. The van der Waals surface area contributed by atoms with Gasteiger partial charge < -0.3 is 4.28 Å². The molecule has 0 aromatic carbocycles. The molecule has 0 aliphatic heterocycles. The lowest BCUT2D eigenvalue weighted by Gasteiger charge is -2.31. The zero-order chi connectivity index (χ0) is 6.08. The zero-order valence-electron chi connectivity index (χ0n) is 5.99. The maximum atomic E-state index is 2.94. The second-order valence-electron chi connectivity index (χ2n) is 3.32. The molecule has 0 spiro atoms. The molecule has 0 aliphatic carbocycles. The van der Waals surface area contributed by atoms with Crippen LogP contribution < -0.4 is 0 Å². The van der Waals surface area contributed by atoms with Crippen molar-refractivity contribution in [3.63, 3.8) is 0 Å². The van der Waals surface area contributed by atoms with Crippen molar-refractivity contribution in [2.24, 2.45) is 0 Å². The summed E-state index contributed by atoms with van der Waals surface area (Å²) in [6.45, 7) is 6.64. The molecule has 0 heterocycles. The standard InChI is InChI=1S/C5H15BO/c1-6(2,3)7(4)5/h1-5H3. The third-order valence-electron chi connectivity index (χ3n) is 1.41. The van der Waals surface area contributed by atoms with Crippen LogP contribution in [0, 0.1) is 0 Å². The fourth-order valence-corrected chi connectivity index (χ4v) is 0. The fraction of sp³-hybridized carbons (Fsp3) is 1.00. The molecule has 0 radical (unpaired) electrons. The van der Waals surface area contributed by atoms with Crippen LogP contribution in [0.3, 0.4) is 0 Å². The number of rotatable bonds is 1. The third-order valence-corrected chi connectivity index (χ3v) is 1.41. The Balaban J connectivity index is 3.54. The van der Waals surface area contributed by atoms with E-state index in [1.54, 1.807) is 0 Å². The molecule has 0 unspecified atom stereocenters. The Morgan fingerprint density at radius 2 is 1.14 bits per heavy atom. The first kappa shape index (κ1) is 7.02. The summed E-state index contributed by atoms with van der Waals surface area (Å²) in [5, 5.41) is 0. The summed E-state index contributed by atoms with van der Waals surface area (Å²) in [6.07, 6.45) is -0.306. The van der Waals surface area contributed by atoms with E-state index in [2.05, 4.69) is 24.8 Å². The quantitative estimate of drug-likeness (QED) is 0.349. The van der Waals surface area contributed by atoms with E-state index in [0.29, 0.717) is 0 Å². The second-order valence-corrected chi connectivity index (χ2v) is 3.32. The van der Waals surface area contributed by atoms with Crippen molar-refractivity contribution in [3.8, 4) is 0 Å². The minimum absolute atomic E-state index is 0.306. The Bertz CT molecular complexity index is 53.6. The summed E-state index contributed by atoms with van der Waals surface area (Å²) in [7, 11) is 4.06. The highest BCUT2D eigenvalue weighted by atomic mass is 16.6. The highest BCUT2D eigenvalue weighted by Gasteiger charge is 2.15. The highest BCUT2D eigenvalue weighted by Crippen LogP contribution is 2.06. The largest absolute Gasteiger partial charge is 0.676 e. The third kappa shape index (κ3) is 2.69. The smallest absolute Gasteiger partial charge is 0.285 e. The summed E-state index contributed by atoms with van der Waals surface area (Å²) in [5.74, 6) is 0. The van der Waals surface area contributed by atoms with Gasteiger partial charge in [-0.15, -0.1) is 20.5 Å². The van der Waals surface area contributed by atoms with Crippen LogP contribution in [0.2, 0.25) is 20.5 Å². The Labute approximate surface area is 46.3 Å². The van der Waals surface area contributed by atoms with Gasteiger partial charge in [-0.05, 0) is 0 Å². The molecule has 0 rings (SSSR count). The van der Waals surface area contributed by atoms with E-state index in [1.165, 1.54) is 0 Å². The van der Waals surface area contributed by atoms with Gasteiger partial charge in [0.05, 0.1) is 14.2 Å². The van der Waals surface area contributed by atoms with Crippen LogP contribution in [0.1, 0.15) is 0 Å². The van der Waals surface area contributed by atoms with Crippen LogP contribution in [-0.4, -0.2) is 20.6 Å². The van der Waals surface area contributed by atoms with Crippen molar-refractivity contribution >= 4 is 6.35 Å².